The van der Waals surface area contributed by atoms with Crippen molar-refractivity contribution in [1.82, 2.24) is 5.32 Å². The van der Waals surface area contributed by atoms with Gasteiger partial charge < -0.3 is 15.5 Å². The molecule has 1 spiro atoms. The summed E-state index contributed by atoms with van der Waals surface area (Å²) in [6.07, 6.45) is 1.94. The van der Waals surface area contributed by atoms with E-state index < -0.39 is 17.1 Å². The quantitative estimate of drug-likeness (QED) is 0.551. The van der Waals surface area contributed by atoms with Crippen LogP contribution in [0.2, 0.25) is 5.02 Å². The molecule has 0 bridgehead atoms. The average molecular weight is 492 g/mol. The first kappa shape index (κ1) is 23.1. The standard InChI is InChI=1S/C27H23ClFN3O3/c28-22-10-7-19(29)15-21(22)24(33)31-20-8-5-17(6-9-20)25(34)32-14-12-27(11-13-30-26(27)35)16-18-3-1-2-4-23(18)32/h1-10,15H,11-14,16H2,(H,30,35)(H,31,33). The molecule has 3 aromatic carbocycles. The van der Waals surface area contributed by atoms with Crippen LogP contribution in [-0.4, -0.2) is 30.8 Å². The number of hydrogen-bond acceptors (Lipinski definition) is 3. The van der Waals surface area contributed by atoms with Crippen LogP contribution in [0.3, 0.4) is 0 Å². The highest BCUT2D eigenvalue weighted by Gasteiger charge is 2.45. The number of rotatable bonds is 3. The monoisotopic (exact) mass is 491 g/mol. The van der Waals surface area contributed by atoms with E-state index in [1.165, 1.54) is 12.1 Å². The van der Waals surface area contributed by atoms with Gasteiger partial charge in [0.15, 0.2) is 0 Å². The zero-order chi connectivity index (χ0) is 24.6. The Morgan fingerprint density at radius 3 is 2.54 bits per heavy atom. The molecule has 0 aliphatic carbocycles. The van der Waals surface area contributed by atoms with Crippen molar-refractivity contribution in [3.63, 3.8) is 0 Å². The maximum Gasteiger partial charge on any atom is 0.258 e. The Labute approximate surface area is 207 Å². The number of nitrogens with zero attached hydrogens (tertiary/aromatic N) is 1. The molecule has 2 heterocycles. The fraction of sp³-hybridized carbons (Fsp3) is 0.222. The zero-order valence-electron chi connectivity index (χ0n) is 18.8. The van der Waals surface area contributed by atoms with Gasteiger partial charge in [0.25, 0.3) is 11.8 Å². The number of para-hydroxylation sites is 1. The summed E-state index contributed by atoms with van der Waals surface area (Å²) in [6.45, 7) is 1.09. The van der Waals surface area contributed by atoms with Crippen LogP contribution in [0.4, 0.5) is 15.8 Å². The summed E-state index contributed by atoms with van der Waals surface area (Å²) in [5.41, 5.74) is 2.23. The van der Waals surface area contributed by atoms with Gasteiger partial charge in [0.1, 0.15) is 5.82 Å². The third-order valence-corrected chi connectivity index (χ3v) is 7.13. The molecule has 1 unspecified atom stereocenters. The van der Waals surface area contributed by atoms with Crippen LogP contribution in [-0.2, 0) is 11.2 Å². The second-order valence-corrected chi connectivity index (χ2v) is 9.36. The fourth-order valence-corrected chi connectivity index (χ4v) is 5.08. The van der Waals surface area contributed by atoms with E-state index in [9.17, 15) is 18.8 Å². The van der Waals surface area contributed by atoms with Crippen molar-refractivity contribution in [2.45, 2.75) is 19.3 Å². The van der Waals surface area contributed by atoms with Crippen LogP contribution in [0.5, 0.6) is 0 Å². The number of benzene rings is 3. The van der Waals surface area contributed by atoms with Crippen molar-refractivity contribution in [3.8, 4) is 0 Å². The molecule has 2 N–H and O–H groups in total. The van der Waals surface area contributed by atoms with E-state index in [0.29, 0.717) is 37.2 Å². The molecule has 2 aliphatic rings. The Bertz CT molecular complexity index is 1330. The molecule has 1 fully saturated rings. The molecule has 1 saturated heterocycles. The molecule has 0 aromatic heterocycles. The summed E-state index contributed by atoms with van der Waals surface area (Å²) in [5.74, 6) is -1.23. The zero-order valence-corrected chi connectivity index (χ0v) is 19.6. The highest BCUT2D eigenvalue weighted by molar-refractivity contribution is 6.34. The molecular formula is C27H23ClFN3O3. The number of halogens is 2. The van der Waals surface area contributed by atoms with Crippen LogP contribution in [0, 0.1) is 11.2 Å². The van der Waals surface area contributed by atoms with E-state index in [2.05, 4.69) is 10.6 Å². The van der Waals surface area contributed by atoms with Gasteiger partial charge in [-0.05, 0) is 73.4 Å². The molecule has 35 heavy (non-hydrogen) atoms. The lowest BCUT2D eigenvalue weighted by Crippen LogP contribution is -2.36. The van der Waals surface area contributed by atoms with Gasteiger partial charge in [0.05, 0.1) is 16.0 Å². The molecule has 2 aliphatic heterocycles. The normalized spacial score (nSPS) is 19.1. The smallest absolute Gasteiger partial charge is 0.258 e. The van der Waals surface area contributed by atoms with Crippen molar-refractivity contribution in [3.05, 3.63) is 94.3 Å². The Morgan fingerprint density at radius 1 is 1.03 bits per heavy atom. The third kappa shape index (κ3) is 4.39. The summed E-state index contributed by atoms with van der Waals surface area (Å²) >= 11 is 6.02. The summed E-state index contributed by atoms with van der Waals surface area (Å²) in [4.78, 5) is 40.4. The van der Waals surface area contributed by atoms with E-state index in [4.69, 9.17) is 11.6 Å². The number of anilines is 2. The number of fused-ring (bicyclic) bond motifs is 1. The minimum atomic E-state index is -0.560. The maximum atomic E-state index is 13.5. The van der Waals surface area contributed by atoms with Gasteiger partial charge in [0.2, 0.25) is 5.91 Å². The van der Waals surface area contributed by atoms with Crippen LogP contribution in [0.15, 0.2) is 66.7 Å². The lowest BCUT2D eigenvalue weighted by Gasteiger charge is -2.25. The van der Waals surface area contributed by atoms with Gasteiger partial charge >= 0.3 is 0 Å². The fourth-order valence-electron chi connectivity index (χ4n) is 4.88. The molecule has 5 rings (SSSR count). The Kier molecular flexibility index (Phi) is 6.03. The van der Waals surface area contributed by atoms with Crippen LogP contribution in [0.1, 0.15) is 39.1 Å². The number of hydrogen-bond donors (Lipinski definition) is 2. The lowest BCUT2D eigenvalue weighted by atomic mass is 9.78. The first-order valence-electron chi connectivity index (χ1n) is 11.4. The third-order valence-electron chi connectivity index (χ3n) is 6.80. The number of amides is 3. The van der Waals surface area contributed by atoms with Gasteiger partial charge in [-0.2, -0.15) is 0 Å². The van der Waals surface area contributed by atoms with E-state index >= 15 is 0 Å². The summed E-state index contributed by atoms with van der Waals surface area (Å²) in [5, 5.41) is 5.77. The minimum absolute atomic E-state index is 0.0258. The van der Waals surface area contributed by atoms with Crippen molar-refractivity contribution < 1.29 is 18.8 Å². The van der Waals surface area contributed by atoms with Crippen molar-refractivity contribution in [1.29, 1.82) is 0 Å². The molecule has 0 saturated carbocycles. The molecule has 6 nitrogen and oxygen atoms in total. The molecule has 0 radical (unpaired) electrons. The second kappa shape index (κ2) is 9.15. The lowest BCUT2D eigenvalue weighted by molar-refractivity contribution is -0.127. The van der Waals surface area contributed by atoms with Crippen LogP contribution < -0.4 is 15.5 Å². The first-order chi connectivity index (χ1) is 16.9. The summed E-state index contributed by atoms with van der Waals surface area (Å²) < 4.78 is 13.5. The predicted molar refractivity (Wildman–Crippen MR) is 132 cm³/mol. The average Bonchev–Trinajstić information content (AvgIpc) is 3.11. The van der Waals surface area contributed by atoms with Crippen molar-refractivity contribution in [2.24, 2.45) is 5.41 Å². The molecule has 178 valence electrons. The number of carbonyl (C=O) groups is 3. The number of carbonyl (C=O) groups excluding carboxylic acids is 3. The van der Waals surface area contributed by atoms with Crippen molar-refractivity contribution in [2.75, 3.05) is 23.3 Å². The van der Waals surface area contributed by atoms with Crippen LogP contribution in [0.25, 0.3) is 0 Å². The predicted octanol–water partition coefficient (Wildman–Crippen LogP) is 4.83. The Balaban J connectivity index is 1.36. The van der Waals surface area contributed by atoms with E-state index in [0.717, 1.165) is 23.7 Å². The number of nitrogens with one attached hydrogen (secondary N) is 2. The molecular weight excluding hydrogens is 469 g/mol. The first-order valence-corrected chi connectivity index (χ1v) is 11.8. The maximum absolute atomic E-state index is 13.5. The van der Waals surface area contributed by atoms with Crippen molar-refractivity contribution >= 4 is 40.7 Å². The van der Waals surface area contributed by atoms with Gasteiger partial charge in [-0.3, -0.25) is 14.4 Å². The summed E-state index contributed by atoms with van der Waals surface area (Å²) in [6, 6.07) is 17.8. The van der Waals surface area contributed by atoms with E-state index in [-0.39, 0.29) is 22.4 Å². The minimum Gasteiger partial charge on any atom is -0.356 e. The Hall–Kier alpha value is -3.71. The van der Waals surface area contributed by atoms with Crippen LogP contribution >= 0.6 is 11.6 Å². The second-order valence-electron chi connectivity index (χ2n) is 8.95. The topological polar surface area (TPSA) is 78.5 Å². The largest absolute Gasteiger partial charge is 0.356 e. The van der Waals surface area contributed by atoms with E-state index in [1.807, 2.05) is 24.3 Å². The Morgan fingerprint density at radius 2 is 1.80 bits per heavy atom. The SMILES string of the molecule is O=C(Nc1ccc(C(=O)N2CCC3(CCNC3=O)Cc3ccccc32)cc1)c1cc(F)ccc1Cl. The highest BCUT2D eigenvalue weighted by Crippen LogP contribution is 2.41. The van der Waals surface area contributed by atoms with Gasteiger partial charge in [0, 0.05) is 30.0 Å². The summed E-state index contributed by atoms with van der Waals surface area (Å²) in [7, 11) is 0. The van der Waals surface area contributed by atoms with Gasteiger partial charge in [-0.25, -0.2) is 4.39 Å². The molecule has 1 atom stereocenters. The highest BCUT2D eigenvalue weighted by atomic mass is 35.5. The molecule has 3 amide bonds. The molecule has 8 heteroatoms. The molecule has 3 aromatic rings. The van der Waals surface area contributed by atoms with Gasteiger partial charge in [-0.1, -0.05) is 29.8 Å². The van der Waals surface area contributed by atoms with Gasteiger partial charge in [-0.15, -0.1) is 0 Å². The van der Waals surface area contributed by atoms with E-state index in [1.54, 1.807) is 29.2 Å².